The van der Waals surface area contributed by atoms with Crippen LogP contribution >= 0.6 is 0 Å². The molecule has 0 unspecified atom stereocenters. The van der Waals surface area contributed by atoms with Crippen LogP contribution in [0.1, 0.15) is 31.7 Å². The van der Waals surface area contributed by atoms with E-state index in [0.29, 0.717) is 0 Å². The number of aryl methyl sites for hydroxylation is 3. The van der Waals surface area contributed by atoms with E-state index < -0.39 is 0 Å². The molecule has 2 N–H and O–H groups in total. The molecule has 0 saturated heterocycles. The summed E-state index contributed by atoms with van der Waals surface area (Å²) in [6, 6.07) is 6.59. The second kappa shape index (κ2) is 5.32. The first kappa shape index (κ1) is 12.1. The molecule has 0 radical (unpaired) electrons. The van der Waals surface area contributed by atoms with E-state index >= 15 is 0 Å². The van der Waals surface area contributed by atoms with Crippen molar-refractivity contribution in [1.82, 2.24) is 9.55 Å². The van der Waals surface area contributed by atoms with Crippen LogP contribution in [0.5, 0.6) is 0 Å². The van der Waals surface area contributed by atoms with Crippen molar-refractivity contribution in [3.05, 3.63) is 29.6 Å². The molecule has 0 aliphatic heterocycles. The maximum absolute atomic E-state index is 5.57. The standard InChI is InChI=1S/C14H21N3/c1-3-11-7-8-13-12(10-11)16-14(6-5-9-15)17(13)4-2/h7-8,10H,3-6,9,15H2,1-2H3. The van der Waals surface area contributed by atoms with Crippen LogP contribution in [0.2, 0.25) is 0 Å². The van der Waals surface area contributed by atoms with E-state index in [4.69, 9.17) is 10.7 Å². The van der Waals surface area contributed by atoms with Crippen LogP contribution < -0.4 is 5.73 Å². The summed E-state index contributed by atoms with van der Waals surface area (Å²) in [6.45, 7) is 6.04. The fourth-order valence-corrected chi connectivity index (χ4v) is 2.25. The van der Waals surface area contributed by atoms with Crippen LogP contribution in [0.3, 0.4) is 0 Å². The average Bonchev–Trinajstić information content (AvgIpc) is 2.72. The zero-order valence-corrected chi connectivity index (χ0v) is 10.7. The van der Waals surface area contributed by atoms with Gasteiger partial charge in [0, 0.05) is 13.0 Å². The van der Waals surface area contributed by atoms with E-state index in [1.807, 2.05) is 0 Å². The van der Waals surface area contributed by atoms with Gasteiger partial charge in [0.25, 0.3) is 0 Å². The third-order valence-corrected chi connectivity index (χ3v) is 3.22. The predicted molar refractivity (Wildman–Crippen MR) is 72.2 cm³/mol. The number of rotatable bonds is 5. The van der Waals surface area contributed by atoms with E-state index in [9.17, 15) is 0 Å². The third kappa shape index (κ3) is 2.34. The highest BCUT2D eigenvalue weighted by Crippen LogP contribution is 2.19. The van der Waals surface area contributed by atoms with Crippen molar-refractivity contribution >= 4 is 11.0 Å². The van der Waals surface area contributed by atoms with Crippen molar-refractivity contribution in [3.8, 4) is 0 Å². The fourth-order valence-electron chi connectivity index (χ4n) is 2.25. The molecule has 2 rings (SSSR count). The molecule has 0 saturated carbocycles. The first-order valence-corrected chi connectivity index (χ1v) is 6.48. The zero-order valence-electron chi connectivity index (χ0n) is 10.7. The molecule has 0 spiro atoms. The molecule has 0 aliphatic carbocycles. The Morgan fingerprint density at radius 3 is 2.76 bits per heavy atom. The van der Waals surface area contributed by atoms with E-state index in [2.05, 4.69) is 36.6 Å². The molecule has 2 aromatic rings. The summed E-state index contributed by atoms with van der Waals surface area (Å²) in [5.74, 6) is 1.17. The lowest BCUT2D eigenvalue weighted by atomic mass is 10.1. The summed E-state index contributed by atoms with van der Waals surface area (Å²) in [4.78, 5) is 4.74. The van der Waals surface area contributed by atoms with Gasteiger partial charge in [0.05, 0.1) is 11.0 Å². The molecule has 1 aromatic carbocycles. The zero-order chi connectivity index (χ0) is 12.3. The molecule has 0 bridgehead atoms. The highest BCUT2D eigenvalue weighted by atomic mass is 15.1. The van der Waals surface area contributed by atoms with Crippen LogP contribution in [-0.4, -0.2) is 16.1 Å². The Bertz CT molecular complexity index is 499. The fraction of sp³-hybridized carbons (Fsp3) is 0.500. The van der Waals surface area contributed by atoms with Gasteiger partial charge in [0.15, 0.2) is 0 Å². The monoisotopic (exact) mass is 231 g/mol. The minimum Gasteiger partial charge on any atom is -0.330 e. The molecule has 3 heteroatoms. The molecular weight excluding hydrogens is 210 g/mol. The van der Waals surface area contributed by atoms with Crippen molar-refractivity contribution in [2.24, 2.45) is 5.73 Å². The van der Waals surface area contributed by atoms with Gasteiger partial charge in [-0.05, 0) is 44.0 Å². The normalized spacial score (nSPS) is 11.2. The Balaban J connectivity index is 2.46. The van der Waals surface area contributed by atoms with Crippen molar-refractivity contribution in [2.45, 2.75) is 39.7 Å². The van der Waals surface area contributed by atoms with Crippen LogP contribution in [0.4, 0.5) is 0 Å². The van der Waals surface area contributed by atoms with Gasteiger partial charge in [-0.2, -0.15) is 0 Å². The largest absolute Gasteiger partial charge is 0.330 e. The number of nitrogens with zero attached hydrogens (tertiary/aromatic N) is 2. The van der Waals surface area contributed by atoms with Crippen LogP contribution in [-0.2, 0) is 19.4 Å². The first-order chi connectivity index (χ1) is 8.30. The molecule has 3 nitrogen and oxygen atoms in total. The van der Waals surface area contributed by atoms with E-state index in [-0.39, 0.29) is 0 Å². The highest BCUT2D eigenvalue weighted by Gasteiger charge is 2.09. The molecule has 0 fully saturated rings. The quantitative estimate of drug-likeness (QED) is 0.859. The lowest BCUT2D eigenvalue weighted by molar-refractivity contribution is 0.686. The van der Waals surface area contributed by atoms with Gasteiger partial charge in [-0.1, -0.05) is 13.0 Å². The molecule has 0 atom stereocenters. The van der Waals surface area contributed by atoms with Crippen LogP contribution in [0.15, 0.2) is 18.2 Å². The van der Waals surface area contributed by atoms with Crippen molar-refractivity contribution in [1.29, 1.82) is 0 Å². The van der Waals surface area contributed by atoms with Gasteiger partial charge in [-0.15, -0.1) is 0 Å². The Kier molecular flexibility index (Phi) is 3.79. The predicted octanol–water partition coefficient (Wildman–Crippen LogP) is 2.51. The first-order valence-electron chi connectivity index (χ1n) is 6.48. The lowest BCUT2D eigenvalue weighted by Crippen LogP contribution is -2.06. The van der Waals surface area contributed by atoms with E-state index in [0.717, 1.165) is 37.9 Å². The molecule has 1 aromatic heterocycles. The molecular formula is C14H21N3. The number of aromatic nitrogens is 2. The van der Waals surface area contributed by atoms with Crippen molar-refractivity contribution < 1.29 is 0 Å². The second-order valence-corrected chi connectivity index (χ2v) is 4.34. The van der Waals surface area contributed by atoms with Gasteiger partial charge in [-0.25, -0.2) is 4.98 Å². The average molecular weight is 231 g/mol. The summed E-state index contributed by atoms with van der Waals surface area (Å²) in [5, 5.41) is 0. The Labute approximate surface area is 103 Å². The molecule has 1 heterocycles. The number of imidazole rings is 1. The Hall–Kier alpha value is -1.35. The SMILES string of the molecule is CCc1ccc2c(c1)nc(CCCN)n2CC. The summed E-state index contributed by atoms with van der Waals surface area (Å²) >= 11 is 0. The summed E-state index contributed by atoms with van der Waals surface area (Å²) < 4.78 is 2.30. The van der Waals surface area contributed by atoms with Gasteiger partial charge in [0.1, 0.15) is 5.82 Å². The molecule has 92 valence electrons. The van der Waals surface area contributed by atoms with Gasteiger partial charge < -0.3 is 10.3 Å². The number of hydrogen-bond donors (Lipinski definition) is 1. The van der Waals surface area contributed by atoms with Crippen molar-refractivity contribution in [2.75, 3.05) is 6.54 Å². The minimum atomic E-state index is 0.729. The van der Waals surface area contributed by atoms with Crippen LogP contribution in [0, 0.1) is 0 Å². The third-order valence-electron chi connectivity index (χ3n) is 3.22. The number of nitrogens with two attached hydrogens (primary N) is 1. The number of fused-ring (bicyclic) bond motifs is 1. The Morgan fingerprint density at radius 1 is 1.29 bits per heavy atom. The molecule has 17 heavy (non-hydrogen) atoms. The molecule has 0 aliphatic rings. The molecule has 0 amide bonds. The van der Waals surface area contributed by atoms with E-state index in [1.54, 1.807) is 0 Å². The summed E-state index contributed by atoms with van der Waals surface area (Å²) in [6.07, 6.45) is 3.04. The summed E-state index contributed by atoms with van der Waals surface area (Å²) in [5.41, 5.74) is 9.29. The van der Waals surface area contributed by atoms with E-state index in [1.165, 1.54) is 16.9 Å². The number of hydrogen-bond acceptors (Lipinski definition) is 2. The minimum absolute atomic E-state index is 0.729. The van der Waals surface area contributed by atoms with Gasteiger partial charge in [0.2, 0.25) is 0 Å². The summed E-state index contributed by atoms with van der Waals surface area (Å²) in [7, 11) is 0. The van der Waals surface area contributed by atoms with Crippen molar-refractivity contribution in [3.63, 3.8) is 0 Å². The highest BCUT2D eigenvalue weighted by molar-refractivity contribution is 5.77. The maximum atomic E-state index is 5.57. The second-order valence-electron chi connectivity index (χ2n) is 4.34. The van der Waals surface area contributed by atoms with Gasteiger partial charge >= 0.3 is 0 Å². The van der Waals surface area contributed by atoms with Gasteiger partial charge in [-0.3, -0.25) is 0 Å². The van der Waals surface area contributed by atoms with Crippen LogP contribution in [0.25, 0.3) is 11.0 Å². The maximum Gasteiger partial charge on any atom is 0.109 e. The Morgan fingerprint density at radius 2 is 2.12 bits per heavy atom. The smallest absolute Gasteiger partial charge is 0.109 e. The topological polar surface area (TPSA) is 43.8 Å². The lowest BCUT2D eigenvalue weighted by Gasteiger charge is -2.05. The number of benzene rings is 1.